The lowest BCUT2D eigenvalue weighted by molar-refractivity contribution is -0.138. The summed E-state index contributed by atoms with van der Waals surface area (Å²) in [6.07, 6.45) is 5.25. The molecular formula is C30H37N3O5. The Morgan fingerprint density at radius 1 is 1.08 bits per heavy atom. The van der Waals surface area contributed by atoms with Crippen molar-refractivity contribution >= 4 is 28.9 Å². The first-order valence-corrected chi connectivity index (χ1v) is 13.3. The number of fused-ring (bicyclic) bond motifs is 1. The number of aliphatic carboxylic acids is 1. The summed E-state index contributed by atoms with van der Waals surface area (Å²) >= 11 is 0. The topological polar surface area (TPSA) is 121 Å². The van der Waals surface area contributed by atoms with Crippen LogP contribution in [0.25, 0.3) is 10.9 Å². The van der Waals surface area contributed by atoms with E-state index in [0.29, 0.717) is 6.42 Å². The van der Waals surface area contributed by atoms with Crippen molar-refractivity contribution in [2.45, 2.75) is 76.5 Å². The Kier molecular flexibility index (Phi) is 8.71. The number of nitrogens with one attached hydrogen (secondary N) is 3. The van der Waals surface area contributed by atoms with Crippen LogP contribution in [0.5, 0.6) is 0 Å². The SMILES string of the molecule is CC1CCCCC1OC(=O)N[C@](C)(Cc1c[nH]c2ccccc12)C(=O)N[C@H](CC(=O)O)Cc1ccccc1. The minimum absolute atomic E-state index is 0.193. The summed E-state index contributed by atoms with van der Waals surface area (Å²) in [4.78, 5) is 41.8. The van der Waals surface area contributed by atoms with E-state index in [0.717, 1.165) is 47.7 Å². The van der Waals surface area contributed by atoms with E-state index >= 15 is 0 Å². The summed E-state index contributed by atoms with van der Waals surface area (Å²) < 4.78 is 5.79. The largest absolute Gasteiger partial charge is 0.481 e. The van der Waals surface area contributed by atoms with Crippen molar-refractivity contribution in [2.24, 2.45) is 5.92 Å². The van der Waals surface area contributed by atoms with E-state index in [1.54, 1.807) is 6.92 Å². The molecule has 0 bridgehead atoms. The number of carboxylic acids is 1. The van der Waals surface area contributed by atoms with Crippen LogP contribution in [0.2, 0.25) is 0 Å². The van der Waals surface area contributed by atoms with Crippen LogP contribution in [0, 0.1) is 5.92 Å². The molecule has 3 aromatic rings. The van der Waals surface area contributed by atoms with Crippen LogP contribution in [0.4, 0.5) is 4.79 Å². The third kappa shape index (κ3) is 6.94. The molecule has 0 spiro atoms. The van der Waals surface area contributed by atoms with Gasteiger partial charge in [0.05, 0.1) is 6.42 Å². The molecule has 1 heterocycles. The lowest BCUT2D eigenvalue weighted by atomic mass is 9.88. The van der Waals surface area contributed by atoms with Gasteiger partial charge in [0.1, 0.15) is 11.6 Å². The van der Waals surface area contributed by atoms with Crippen molar-refractivity contribution < 1.29 is 24.2 Å². The zero-order valence-corrected chi connectivity index (χ0v) is 22.0. The molecule has 4 atom stereocenters. The zero-order valence-electron chi connectivity index (χ0n) is 22.0. The first kappa shape index (κ1) is 27.2. The summed E-state index contributed by atoms with van der Waals surface area (Å²) in [6.45, 7) is 3.74. The van der Waals surface area contributed by atoms with Gasteiger partial charge >= 0.3 is 12.1 Å². The van der Waals surface area contributed by atoms with Crippen molar-refractivity contribution in [3.05, 3.63) is 71.9 Å². The highest BCUT2D eigenvalue weighted by molar-refractivity contribution is 5.92. The maximum Gasteiger partial charge on any atom is 0.408 e. The van der Waals surface area contributed by atoms with Crippen LogP contribution in [0.3, 0.4) is 0 Å². The number of carbonyl (C=O) groups excluding carboxylic acids is 2. The number of benzene rings is 2. The minimum atomic E-state index is -1.38. The molecule has 1 fully saturated rings. The van der Waals surface area contributed by atoms with Gasteiger partial charge in [0.25, 0.3) is 0 Å². The predicted octanol–water partition coefficient (Wildman–Crippen LogP) is 4.98. The molecule has 8 heteroatoms. The second-order valence-electron chi connectivity index (χ2n) is 10.7. The fourth-order valence-corrected chi connectivity index (χ4v) is 5.32. The number of carboxylic acid groups (broad SMARTS) is 1. The van der Waals surface area contributed by atoms with Gasteiger partial charge in [0.2, 0.25) is 5.91 Å². The van der Waals surface area contributed by atoms with Gasteiger partial charge in [-0.25, -0.2) is 4.79 Å². The number of rotatable bonds is 10. The van der Waals surface area contributed by atoms with Crippen molar-refractivity contribution in [1.82, 2.24) is 15.6 Å². The normalized spacial score (nSPS) is 19.7. The molecule has 2 amide bonds. The van der Waals surface area contributed by atoms with Crippen LogP contribution in [-0.4, -0.2) is 45.7 Å². The molecule has 1 saturated carbocycles. The number of hydrogen-bond acceptors (Lipinski definition) is 4. The lowest BCUT2D eigenvalue weighted by Crippen LogP contribution is -2.60. The smallest absolute Gasteiger partial charge is 0.408 e. The van der Waals surface area contributed by atoms with Crippen molar-refractivity contribution in [1.29, 1.82) is 0 Å². The molecule has 38 heavy (non-hydrogen) atoms. The number of para-hydroxylation sites is 1. The van der Waals surface area contributed by atoms with E-state index in [1.165, 1.54) is 0 Å². The molecule has 2 unspecified atom stereocenters. The summed E-state index contributed by atoms with van der Waals surface area (Å²) in [5.41, 5.74) is 1.32. The molecule has 8 nitrogen and oxygen atoms in total. The Balaban J connectivity index is 1.57. The van der Waals surface area contributed by atoms with Crippen molar-refractivity contribution in [3.8, 4) is 0 Å². The number of carbonyl (C=O) groups is 3. The maximum absolute atomic E-state index is 13.8. The summed E-state index contributed by atoms with van der Waals surface area (Å²) in [7, 11) is 0. The van der Waals surface area contributed by atoms with Crippen LogP contribution < -0.4 is 10.6 Å². The molecule has 0 radical (unpaired) electrons. The van der Waals surface area contributed by atoms with Gasteiger partial charge in [0.15, 0.2) is 0 Å². The lowest BCUT2D eigenvalue weighted by Gasteiger charge is -2.33. The van der Waals surface area contributed by atoms with E-state index in [-0.39, 0.29) is 24.9 Å². The molecule has 1 aliphatic carbocycles. The molecule has 1 aromatic heterocycles. The van der Waals surface area contributed by atoms with Crippen LogP contribution in [0.1, 0.15) is 57.1 Å². The molecule has 4 rings (SSSR count). The molecular weight excluding hydrogens is 482 g/mol. The number of aromatic amines is 1. The highest BCUT2D eigenvalue weighted by Crippen LogP contribution is 2.27. The van der Waals surface area contributed by atoms with E-state index in [4.69, 9.17) is 4.74 Å². The molecule has 202 valence electrons. The summed E-state index contributed by atoms with van der Waals surface area (Å²) in [5.74, 6) is -1.21. The molecule has 2 aromatic carbocycles. The molecule has 1 aliphatic rings. The Labute approximate surface area is 223 Å². The van der Waals surface area contributed by atoms with Gasteiger partial charge in [-0.3, -0.25) is 9.59 Å². The van der Waals surface area contributed by atoms with Crippen LogP contribution in [-0.2, 0) is 27.2 Å². The zero-order chi connectivity index (χ0) is 27.1. The third-order valence-corrected chi connectivity index (χ3v) is 7.47. The fraction of sp³-hybridized carbons (Fsp3) is 0.433. The highest BCUT2D eigenvalue weighted by atomic mass is 16.6. The van der Waals surface area contributed by atoms with E-state index in [2.05, 4.69) is 22.5 Å². The average Bonchev–Trinajstić information content (AvgIpc) is 3.28. The molecule has 0 aliphatic heterocycles. The average molecular weight is 520 g/mol. The highest BCUT2D eigenvalue weighted by Gasteiger charge is 2.39. The Bertz CT molecular complexity index is 1260. The second-order valence-corrected chi connectivity index (χ2v) is 10.7. The van der Waals surface area contributed by atoms with E-state index in [1.807, 2.05) is 60.8 Å². The standard InChI is InChI=1S/C30H37N3O5/c1-20-10-6-9-15-26(20)38-29(37)33-30(2,18-22-19-31-25-14-8-7-13-24(22)25)28(36)32-23(17-27(34)35)16-21-11-4-3-5-12-21/h3-5,7-8,11-14,19-20,23,26,31H,6,9-10,15-18H2,1-2H3,(H,32,36)(H,33,37)(H,34,35)/t20?,23-,26?,30+/m0/s1. The monoisotopic (exact) mass is 519 g/mol. The fourth-order valence-electron chi connectivity index (χ4n) is 5.32. The predicted molar refractivity (Wildman–Crippen MR) is 146 cm³/mol. The van der Waals surface area contributed by atoms with Gasteiger partial charge in [-0.2, -0.15) is 0 Å². The molecule has 0 saturated heterocycles. The van der Waals surface area contributed by atoms with Crippen LogP contribution in [0.15, 0.2) is 60.8 Å². The minimum Gasteiger partial charge on any atom is -0.481 e. The van der Waals surface area contributed by atoms with Gasteiger partial charge < -0.3 is 25.5 Å². The van der Waals surface area contributed by atoms with Gasteiger partial charge in [0, 0.05) is 29.6 Å². The second kappa shape index (κ2) is 12.2. The first-order chi connectivity index (χ1) is 18.2. The van der Waals surface area contributed by atoms with Crippen molar-refractivity contribution in [2.75, 3.05) is 0 Å². The quantitative estimate of drug-likeness (QED) is 0.301. The van der Waals surface area contributed by atoms with Gasteiger partial charge in [-0.15, -0.1) is 0 Å². The third-order valence-electron chi connectivity index (χ3n) is 7.47. The number of H-pyrrole nitrogens is 1. The summed E-state index contributed by atoms with van der Waals surface area (Å²) in [6, 6.07) is 16.5. The van der Waals surface area contributed by atoms with E-state index in [9.17, 15) is 19.5 Å². The van der Waals surface area contributed by atoms with E-state index < -0.39 is 29.6 Å². The van der Waals surface area contributed by atoms with Gasteiger partial charge in [-0.05, 0) is 55.7 Å². The number of hydrogen-bond donors (Lipinski definition) is 4. The van der Waals surface area contributed by atoms with Crippen LogP contribution >= 0.6 is 0 Å². The number of aromatic nitrogens is 1. The molecule has 4 N–H and O–H groups in total. The van der Waals surface area contributed by atoms with Crippen molar-refractivity contribution in [3.63, 3.8) is 0 Å². The number of ether oxygens (including phenoxy) is 1. The maximum atomic E-state index is 13.8. The number of alkyl carbamates (subject to hydrolysis) is 1. The Hall–Kier alpha value is -3.81. The Morgan fingerprint density at radius 3 is 2.53 bits per heavy atom. The Morgan fingerprint density at radius 2 is 1.79 bits per heavy atom. The number of amides is 2. The van der Waals surface area contributed by atoms with Gasteiger partial charge in [-0.1, -0.05) is 61.9 Å². The summed E-state index contributed by atoms with van der Waals surface area (Å²) in [5, 5.41) is 16.2. The first-order valence-electron chi connectivity index (χ1n) is 13.3.